The van der Waals surface area contributed by atoms with Gasteiger partial charge in [-0.15, -0.1) is 0 Å². The van der Waals surface area contributed by atoms with Gasteiger partial charge in [-0.3, -0.25) is 0 Å². The quantitative estimate of drug-likeness (QED) is 0.546. The standard InChI is InChI=1S/C23H21N3O2S/c1-16-3-7-18(8-4-16)22-15-23(19-9-5-17(2)6-10-19)26(25-22)20-11-13-21(14-12-20)29(24,27)28/h3-15H,1-2H3,(H2,24,27,28). The van der Waals surface area contributed by atoms with Gasteiger partial charge in [0.25, 0.3) is 0 Å². The van der Waals surface area contributed by atoms with Crippen molar-refractivity contribution in [3.8, 4) is 28.2 Å². The molecule has 0 aliphatic rings. The van der Waals surface area contributed by atoms with Crippen LogP contribution in [0, 0.1) is 13.8 Å². The number of nitrogens with zero attached hydrogens (tertiary/aromatic N) is 2. The van der Waals surface area contributed by atoms with Crippen molar-refractivity contribution >= 4 is 10.0 Å². The van der Waals surface area contributed by atoms with Crippen molar-refractivity contribution in [2.75, 3.05) is 0 Å². The number of nitrogens with two attached hydrogens (primary N) is 1. The summed E-state index contributed by atoms with van der Waals surface area (Å²) in [6.45, 7) is 4.10. The lowest BCUT2D eigenvalue weighted by molar-refractivity contribution is 0.598. The summed E-state index contributed by atoms with van der Waals surface area (Å²) in [6, 6.07) is 24.9. The topological polar surface area (TPSA) is 78.0 Å². The summed E-state index contributed by atoms with van der Waals surface area (Å²) in [7, 11) is -3.74. The van der Waals surface area contributed by atoms with Crippen LogP contribution in [0.1, 0.15) is 11.1 Å². The number of primary sulfonamides is 1. The van der Waals surface area contributed by atoms with Gasteiger partial charge in [0, 0.05) is 11.1 Å². The van der Waals surface area contributed by atoms with Crippen LogP contribution in [0.3, 0.4) is 0 Å². The molecule has 1 aromatic heterocycles. The predicted octanol–water partition coefficient (Wildman–Crippen LogP) is 4.47. The predicted molar refractivity (Wildman–Crippen MR) is 115 cm³/mol. The molecule has 3 aromatic carbocycles. The minimum Gasteiger partial charge on any atom is -0.232 e. The van der Waals surface area contributed by atoms with Crippen molar-refractivity contribution in [1.29, 1.82) is 0 Å². The second kappa shape index (κ2) is 7.31. The van der Waals surface area contributed by atoms with Gasteiger partial charge in [0.2, 0.25) is 10.0 Å². The zero-order chi connectivity index (χ0) is 20.6. The van der Waals surface area contributed by atoms with E-state index in [-0.39, 0.29) is 4.90 Å². The van der Waals surface area contributed by atoms with E-state index in [4.69, 9.17) is 10.2 Å². The highest BCUT2D eigenvalue weighted by atomic mass is 32.2. The third-order valence-electron chi connectivity index (χ3n) is 4.81. The summed E-state index contributed by atoms with van der Waals surface area (Å²) < 4.78 is 25.0. The Kier molecular flexibility index (Phi) is 4.82. The van der Waals surface area contributed by atoms with Crippen LogP contribution in [0.15, 0.2) is 83.8 Å². The highest BCUT2D eigenvalue weighted by molar-refractivity contribution is 7.89. The van der Waals surface area contributed by atoms with Crippen LogP contribution in [0.4, 0.5) is 0 Å². The van der Waals surface area contributed by atoms with Crippen molar-refractivity contribution in [3.63, 3.8) is 0 Å². The molecule has 0 saturated heterocycles. The average molecular weight is 404 g/mol. The fourth-order valence-electron chi connectivity index (χ4n) is 3.15. The molecule has 1 heterocycles. The Morgan fingerprint density at radius 2 is 1.28 bits per heavy atom. The summed E-state index contributed by atoms with van der Waals surface area (Å²) in [5, 5.41) is 10.0. The Labute approximate surface area is 170 Å². The van der Waals surface area contributed by atoms with Crippen molar-refractivity contribution in [2.24, 2.45) is 5.14 Å². The fourth-order valence-corrected chi connectivity index (χ4v) is 3.67. The maximum Gasteiger partial charge on any atom is 0.238 e. The zero-order valence-electron chi connectivity index (χ0n) is 16.2. The Morgan fingerprint density at radius 1 is 0.759 bits per heavy atom. The zero-order valence-corrected chi connectivity index (χ0v) is 17.0. The second-order valence-corrected chi connectivity index (χ2v) is 8.66. The van der Waals surface area contributed by atoms with Gasteiger partial charge >= 0.3 is 0 Å². The SMILES string of the molecule is Cc1ccc(-c2cc(-c3ccc(C)cc3)n(-c3ccc(S(N)(=O)=O)cc3)n2)cc1. The molecular weight excluding hydrogens is 382 g/mol. The molecule has 4 aromatic rings. The molecule has 4 rings (SSSR count). The van der Waals surface area contributed by atoms with Gasteiger partial charge in [-0.25, -0.2) is 18.2 Å². The summed E-state index contributed by atoms with van der Waals surface area (Å²) in [5.41, 5.74) is 6.92. The Bertz CT molecular complexity index is 1260. The summed E-state index contributed by atoms with van der Waals surface area (Å²) in [6.07, 6.45) is 0. The first-order chi connectivity index (χ1) is 13.8. The summed E-state index contributed by atoms with van der Waals surface area (Å²) in [5.74, 6) is 0. The first kappa shape index (κ1) is 19.1. The van der Waals surface area contributed by atoms with Gasteiger partial charge < -0.3 is 0 Å². The number of aryl methyl sites for hydroxylation is 2. The second-order valence-electron chi connectivity index (χ2n) is 7.10. The van der Waals surface area contributed by atoms with Crippen LogP contribution in [0.2, 0.25) is 0 Å². The molecule has 5 nitrogen and oxygen atoms in total. The Morgan fingerprint density at radius 3 is 1.79 bits per heavy atom. The number of aromatic nitrogens is 2. The summed E-state index contributed by atoms with van der Waals surface area (Å²) in [4.78, 5) is 0.0732. The molecular formula is C23H21N3O2S. The van der Waals surface area contributed by atoms with E-state index in [0.29, 0.717) is 0 Å². The average Bonchev–Trinajstić information content (AvgIpc) is 3.14. The van der Waals surface area contributed by atoms with E-state index in [1.54, 1.807) is 12.1 Å². The molecule has 0 amide bonds. The maximum atomic E-state index is 11.6. The van der Waals surface area contributed by atoms with E-state index in [0.717, 1.165) is 28.2 Å². The molecule has 0 aliphatic heterocycles. The third kappa shape index (κ3) is 3.99. The summed E-state index contributed by atoms with van der Waals surface area (Å²) >= 11 is 0. The van der Waals surface area contributed by atoms with E-state index in [1.165, 1.54) is 23.3 Å². The van der Waals surface area contributed by atoms with Crippen LogP contribution in [-0.2, 0) is 10.0 Å². The van der Waals surface area contributed by atoms with Gasteiger partial charge in [0.05, 0.1) is 22.0 Å². The molecule has 146 valence electrons. The van der Waals surface area contributed by atoms with Gasteiger partial charge in [0.15, 0.2) is 0 Å². The monoisotopic (exact) mass is 403 g/mol. The number of hydrogen-bond acceptors (Lipinski definition) is 3. The molecule has 0 spiro atoms. The third-order valence-corrected chi connectivity index (χ3v) is 5.74. The van der Waals surface area contributed by atoms with Crippen LogP contribution in [0.25, 0.3) is 28.2 Å². The van der Waals surface area contributed by atoms with Crippen molar-refractivity contribution in [1.82, 2.24) is 9.78 Å². The molecule has 0 unspecified atom stereocenters. The first-order valence-electron chi connectivity index (χ1n) is 9.19. The van der Waals surface area contributed by atoms with Gasteiger partial charge in [-0.1, -0.05) is 59.7 Å². The van der Waals surface area contributed by atoms with E-state index in [1.807, 2.05) is 36.7 Å². The highest BCUT2D eigenvalue weighted by Crippen LogP contribution is 2.29. The normalized spacial score (nSPS) is 11.6. The first-order valence-corrected chi connectivity index (χ1v) is 10.7. The van der Waals surface area contributed by atoms with E-state index >= 15 is 0 Å². The van der Waals surface area contributed by atoms with E-state index in [9.17, 15) is 8.42 Å². The molecule has 0 saturated carbocycles. The smallest absolute Gasteiger partial charge is 0.232 e. The molecule has 0 aliphatic carbocycles. The number of hydrogen-bond donors (Lipinski definition) is 1. The van der Waals surface area contributed by atoms with Crippen LogP contribution >= 0.6 is 0 Å². The van der Waals surface area contributed by atoms with Crippen LogP contribution < -0.4 is 5.14 Å². The maximum absolute atomic E-state index is 11.6. The van der Waals surface area contributed by atoms with Crippen molar-refractivity contribution in [2.45, 2.75) is 18.7 Å². The fraction of sp³-hybridized carbons (Fsp3) is 0.0870. The van der Waals surface area contributed by atoms with Crippen LogP contribution in [-0.4, -0.2) is 18.2 Å². The minimum absolute atomic E-state index is 0.0732. The highest BCUT2D eigenvalue weighted by Gasteiger charge is 2.14. The minimum atomic E-state index is -3.74. The molecule has 0 radical (unpaired) electrons. The largest absolute Gasteiger partial charge is 0.238 e. The number of sulfonamides is 1. The molecule has 6 heteroatoms. The number of rotatable bonds is 4. The van der Waals surface area contributed by atoms with Crippen LogP contribution in [0.5, 0.6) is 0 Å². The van der Waals surface area contributed by atoms with Gasteiger partial charge in [0.1, 0.15) is 0 Å². The van der Waals surface area contributed by atoms with Gasteiger partial charge in [-0.2, -0.15) is 5.10 Å². The molecule has 0 atom stereocenters. The van der Waals surface area contributed by atoms with Crippen molar-refractivity contribution < 1.29 is 8.42 Å². The lowest BCUT2D eigenvalue weighted by Gasteiger charge is -2.08. The molecule has 0 bridgehead atoms. The molecule has 2 N–H and O–H groups in total. The Balaban J connectivity index is 1.86. The lowest BCUT2D eigenvalue weighted by Crippen LogP contribution is -2.12. The van der Waals surface area contributed by atoms with Crippen molar-refractivity contribution in [3.05, 3.63) is 90.0 Å². The molecule has 29 heavy (non-hydrogen) atoms. The van der Waals surface area contributed by atoms with E-state index < -0.39 is 10.0 Å². The number of benzene rings is 3. The Hall–Kier alpha value is -3.22. The van der Waals surface area contributed by atoms with Gasteiger partial charge in [-0.05, 0) is 44.2 Å². The lowest BCUT2D eigenvalue weighted by atomic mass is 10.1. The van der Waals surface area contributed by atoms with E-state index in [2.05, 4.69) is 36.4 Å². The molecule has 0 fully saturated rings.